The van der Waals surface area contributed by atoms with Crippen LogP contribution in [0.4, 0.5) is 9.59 Å². The Labute approximate surface area is 142 Å². The molecule has 1 heterocycles. The highest BCUT2D eigenvalue weighted by atomic mass is 16.6. The van der Waals surface area contributed by atoms with Crippen LogP contribution in [-0.2, 0) is 11.2 Å². The number of carbonyl (C=O) groups excluding carboxylic acids is 1. The lowest BCUT2D eigenvalue weighted by Crippen LogP contribution is -2.43. The fourth-order valence-electron chi connectivity index (χ4n) is 2.97. The monoisotopic (exact) mass is 334 g/mol. The molecule has 0 aliphatic carbocycles. The predicted molar refractivity (Wildman–Crippen MR) is 91.0 cm³/mol. The number of hydrogen-bond donors (Lipinski definition) is 2. The van der Waals surface area contributed by atoms with Crippen molar-refractivity contribution in [3.8, 4) is 0 Å². The van der Waals surface area contributed by atoms with Crippen LogP contribution in [0.2, 0.25) is 0 Å². The van der Waals surface area contributed by atoms with Crippen LogP contribution in [0.5, 0.6) is 0 Å². The Balaban J connectivity index is 2.00. The predicted octanol–water partition coefficient (Wildman–Crippen LogP) is 3.12. The highest BCUT2D eigenvalue weighted by Crippen LogP contribution is 2.24. The molecule has 1 aromatic carbocycles. The molecule has 1 aliphatic rings. The van der Waals surface area contributed by atoms with Gasteiger partial charge in [0.2, 0.25) is 0 Å². The summed E-state index contributed by atoms with van der Waals surface area (Å²) in [5.74, 6) is 0.0776. The first-order valence-corrected chi connectivity index (χ1v) is 8.26. The summed E-state index contributed by atoms with van der Waals surface area (Å²) in [6, 6.07) is 9.55. The van der Waals surface area contributed by atoms with Crippen LogP contribution in [0.1, 0.15) is 32.8 Å². The summed E-state index contributed by atoms with van der Waals surface area (Å²) >= 11 is 0. The van der Waals surface area contributed by atoms with E-state index in [1.165, 1.54) is 0 Å². The summed E-state index contributed by atoms with van der Waals surface area (Å²) < 4.78 is 5.40. The van der Waals surface area contributed by atoms with Gasteiger partial charge in [-0.1, -0.05) is 30.3 Å². The second-order valence-corrected chi connectivity index (χ2v) is 7.22. The van der Waals surface area contributed by atoms with Gasteiger partial charge >= 0.3 is 12.2 Å². The third kappa shape index (κ3) is 5.44. The molecule has 0 bridgehead atoms. The number of rotatable bonds is 4. The molecule has 1 aromatic rings. The van der Waals surface area contributed by atoms with E-state index in [1.54, 1.807) is 4.90 Å². The molecule has 24 heavy (non-hydrogen) atoms. The zero-order chi connectivity index (χ0) is 17.7. The Morgan fingerprint density at radius 2 is 2.00 bits per heavy atom. The molecule has 6 heteroatoms. The third-order valence-electron chi connectivity index (χ3n) is 4.05. The molecular formula is C18H26N2O4. The summed E-state index contributed by atoms with van der Waals surface area (Å²) in [4.78, 5) is 25.0. The molecule has 1 unspecified atom stereocenters. The van der Waals surface area contributed by atoms with E-state index in [4.69, 9.17) is 9.84 Å². The van der Waals surface area contributed by atoms with Gasteiger partial charge in [0.15, 0.2) is 0 Å². The van der Waals surface area contributed by atoms with Crippen LogP contribution in [0.3, 0.4) is 0 Å². The van der Waals surface area contributed by atoms with Crippen LogP contribution in [0.15, 0.2) is 30.3 Å². The van der Waals surface area contributed by atoms with Crippen molar-refractivity contribution in [2.75, 3.05) is 13.1 Å². The first-order valence-electron chi connectivity index (χ1n) is 8.26. The van der Waals surface area contributed by atoms with E-state index in [0.29, 0.717) is 19.5 Å². The van der Waals surface area contributed by atoms with E-state index in [0.717, 1.165) is 12.0 Å². The number of benzene rings is 1. The van der Waals surface area contributed by atoms with Crippen molar-refractivity contribution >= 4 is 12.2 Å². The third-order valence-corrected chi connectivity index (χ3v) is 4.05. The van der Waals surface area contributed by atoms with Gasteiger partial charge in [0.05, 0.1) is 0 Å². The lowest BCUT2D eigenvalue weighted by Gasteiger charge is -2.26. The largest absolute Gasteiger partial charge is 0.465 e. The first-order chi connectivity index (χ1) is 11.2. The van der Waals surface area contributed by atoms with Gasteiger partial charge in [0, 0.05) is 19.1 Å². The van der Waals surface area contributed by atoms with E-state index >= 15 is 0 Å². The average molecular weight is 334 g/mol. The molecule has 132 valence electrons. The van der Waals surface area contributed by atoms with Gasteiger partial charge in [-0.25, -0.2) is 9.59 Å². The maximum absolute atomic E-state index is 12.2. The molecule has 1 fully saturated rings. The Bertz CT molecular complexity index is 568. The normalized spacial score (nSPS) is 19.0. The number of carbonyl (C=O) groups is 2. The van der Waals surface area contributed by atoms with Crippen LogP contribution >= 0.6 is 0 Å². The Hall–Kier alpha value is -2.24. The van der Waals surface area contributed by atoms with Crippen molar-refractivity contribution in [2.45, 2.75) is 45.3 Å². The van der Waals surface area contributed by atoms with Crippen molar-refractivity contribution in [1.82, 2.24) is 10.2 Å². The smallest absolute Gasteiger partial charge is 0.410 e. The number of carboxylic acid groups (broad SMARTS) is 1. The lowest BCUT2D eigenvalue weighted by molar-refractivity contribution is 0.0286. The fourth-order valence-corrected chi connectivity index (χ4v) is 2.97. The standard InChI is InChI=1S/C18H26N2O4/c1-18(2,3)24-17(23)20-10-9-14(12-20)15(19-16(21)22)11-13-7-5-4-6-8-13/h4-8,14-15,19H,9-12H2,1-3H3,(H,21,22)/t14-,15?/m1/s1. The summed E-state index contributed by atoms with van der Waals surface area (Å²) in [7, 11) is 0. The Morgan fingerprint density at radius 1 is 1.33 bits per heavy atom. The summed E-state index contributed by atoms with van der Waals surface area (Å²) in [6.45, 7) is 6.60. The van der Waals surface area contributed by atoms with Crippen molar-refractivity contribution in [2.24, 2.45) is 5.92 Å². The molecule has 0 aromatic heterocycles. The molecule has 0 radical (unpaired) electrons. The van der Waals surface area contributed by atoms with Crippen molar-refractivity contribution in [3.63, 3.8) is 0 Å². The quantitative estimate of drug-likeness (QED) is 0.887. The van der Waals surface area contributed by atoms with E-state index in [-0.39, 0.29) is 18.1 Å². The second kappa shape index (κ2) is 7.55. The maximum Gasteiger partial charge on any atom is 0.410 e. The zero-order valence-corrected chi connectivity index (χ0v) is 14.5. The van der Waals surface area contributed by atoms with E-state index in [9.17, 15) is 9.59 Å². The number of ether oxygens (including phenoxy) is 1. The summed E-state index contributed by atoms with van der Waals surface area (Å²) in [5.41, 5.74) is 0.546. The first kappa shape index (κ1) is 18.1. The minimum absolute atomic E-state index is 0.0776. The molecule has 1 saturated heterocycles. The molecule has 2 N–H and O–H groups in total. The number of nitrogens with zero attached hydrogens (tertiary/aromatic N) is 1. The molecule has 2 atom stereocenters. The van der Waals surface area contributed by atoms with Gasteiger partial charge in [-0.15, -0.1) is 0 Å². The summed E-state index contributed by atoms with van der Waals surface area (Å²) in [6.07, 6.45) is 0.00204. The fraction of sp³-hybridized carbons (Fsp3) is 0.556. The minimum Gasteiger partial charge on any atom is -0.465 e. The van der Waals surface area contributed by atoms with E-state index < -0.39 is 11.7 Å². The molecule has 6 nitrogen and oxygen atoms in total. The Kier molecular flexibility index (Phi) is 5.70. The number of likely N-dealkylation sites (tertiary alicyclic amines) is 1. The lowest BCUT2D eigenvalue weighted by atomic mass is 9.93. The van der Waals surface area contributed by atoms with Crippen LogP contribution in [0, 0.1) is 5.92 Å². The van der Waals surface area contributed by atoms with Crippen LogP contribution in [0.25, 0.3) is 0 Å². The van der Waals surface area contributed by atoms with Gasteiger partial charge in [-0.3, -0.25) is 0 Å². The van der Waals surface area contributed by atoms with Gasteiger partial charge in [0.25, 0.3) is 0 Å². The SMILES string of the molecule is CC(C)(C)OC(=O)N1CC[C@@H](C(Cc2ccccc2)NC(=O)O)C1. The number of nitrogens with one attached hydrogen (secondary N) is 1. The second-order valence-electron chi connectivity index (χ2n) is 7.22. The maximum atomic E-state index is 12.2. The zero-order valence-electron chi connectivity index (χ0n) is 14.5. The van der Waals surface area contributed by atoms with Crippen molar-refractivity contribution < 1.29 is 19.4 Å². The van der Waals surface area contributed by atoms with Gasteiger partial charge in [-0.2, -0.15) is 0 Å². The molecule has 2 rings (SSSR count). The number of amides is 2. The van der Waals surface area contributed by atoms with Gasteiger partial charge in [-0.05, 0) is 45.1 Å². The molecule has 2 amide bonds. The molecule has 0 saturated carbocycles. The topological polar surface area (TPSA) is 78.9 Å². The van der Waals surface area contributed by atoms with Gasteiger partial charge < -0.3 is 20.1 Å². The minimum atomic E-state index is -1.04. The van der Waals surface area contributed by atoms with Gasteiger partial charge in [0.1, 0.15) is 5.60 Å². The molecule has 0 spiro atoms. The Morgan fingerprint density at radius 3 is 2.58 bits per heavy atom. The van der Waals surface area contributed by atoms with Crippen LogP contribution in [-0.4, -0.2) is 46.9 Å². The van der Waals surface area contributed by atoms with Crippen molar-refractivity contribution in [1.29, 1.82) is 0 Å². The summed E-state index contributed by atoms with van der Waals surface area (Å²) in [5, 5.41) is 11.7. The molecular weight excluding hydrogens is 308 g/mol. The highest BCUT2D eigenvalue weighted by Gasteiger charge is 2.34. The van der Waals surface area contributed by atoms with E-state index in [1.807, 2.05) is 51.1 Å². The number of hydrogen-bond acceptors (Lipinski definition) is 3. The van der Waals surface area contributed by atoms with E-state index in [2.05, 4.69) is 5.32 Å². The van der Waals surface area contributed by atoms with Crippen molar-refractivity contribution in [3.05, 3.63) is 35.9 Å². The average Bonchev–Trinajstić information content (AvgIpc) is 2.95. The highest BCUT2D eigenvalue weighted by molar-refractivity contribution is 5.68. The molecule has 1 aliphatic heterocycles. The van der Waals surface area contributed by atoms with Crippen LogP contribution < -0.4 is 5.32 Å².